The van der Waals surface area contributed by atoms with Crippen molar-refractivity contribution >= 4 is 17.7 Å². The molecule has 0 spiro atoms. The molecule has 2 aromatic rings. The summed E-state index contributed by atoms with van der Waals surface area (Å²) < 4.78 is 5.31. The molecule has 5 heteroatoms. The number of nitrogens with one attached hydrogen (secondary N) is 1. The molecule has 1 heterocycles. The summed E-state index contributed by atoms with van der Waals surface area (Å²) in [5.74, 6) is -0.0768. The summed E-state index contributed by atoms with van der Waals surface area (Å²) in [4.78, 5) is 11.1. The van der Waals surface area contributed by atoms with E-state index in [-0.39, 0.29) is 11.6 Å². The number of ether oxygens (including phenoxy) is 1. The molecule has 2 N–H and O–H groups in total. The molecule has 0 aromatic heterocycles. The lowest BCUT2D eigenvalue weighted by atomic mass is 10.1. The number of rotatable bonds is 3. The van der Waals surface area contributed by atoms with Crippen LogP contribution < -0.4 is 15.2 Å². The Bertz CT molecular complexity index is 829. The SMILES string of the molecule is COc1ccc2c(c1)C1NN(c3cccc(C(=O)O)c3)CC1=C2. The van der Waals surface area contributed by atoms with Gasteiger partial charge in [0.2, 0.25) is 0 Å². The number of nitrogens with zero attached hydrogens (tertiary/aromatic N) is 1. The standard InChI is InChI=1S/C18H16N2O3/c1-23-15-6-5-11-7-13-10-20(19-17(13)16(11)9-15)14-4-2-3-12(8-14)18(21)22/h2-9,17,19H,10H2,1H3,(H,21,22). The highest BCUT2D eigenvalue weighted by atomic mass is 16.5. The lowest BCUT2D eigenvalue weighted by Gasteiger charge is -2.20. The highest BCUT2D eigenvalue weighted by molar-refractivity contribution is 5.89. The van der Waals surface area contributed by atoms with Crippen LogP contribution in [0.25, 0.3) is 6.08 Å². The van der Waals surface area contributed by atoms with Gasteiger partial charge in [-0.25, -0.2) is 10.2 Å². The fourth-order valence-corrected chi connectivity index (χ4v) is 3.19. The number of carbonyl (C=O) groups is 1. The van der Waals surface area contributed by atoms with Gasteiger partial charge in [-0.1, -0.05) is 18.2 Å². The van der Waals surface area contributed by atoms with Crippen molar-refractivity contribution in [2.75, 3.05) is 18.7 Å². The fraction of sp³-hybridized carbons (Fsp3) is 0.167. The van der Waals surface area contributed by atoms with Gasteiger partial charge in [0.15, 0.2) is 0 Å². The van der Waals surface area contributed by atoms with Crippen LogP contribution in [-0.2, 0) is 0 Å². The molecule has 0 bridgehead atoms. The first kappa shape index (κ1) is 13.8. The van der Waals surface area contributed by atoms with Crippen molar-refractivity contribution in [3.8, 4) is 5.75 Å². The van der Waals surface area contributed by atoms with E-state index < -0.39 is 5.97 Å². The molecule has 2 aliphatic rings. The summed E-state index contributed by atoms with van der Waals surface area (Å²) in [6, 6.07) is 13.2. The summed E-state index contributed by atoms with van der Waals surface area (Å²) in [7, 11) is 1.66. The van der Waals surface area contributed by atoms with Crippen LogP contribution >= 0.6 is 0 Å². The number of aromatic carboxylic acids is 1. The monoisotopic (exact) mass is 308 g/mol. The quantitative estimate of drug-likeness (QED) is 0.913. The maximum atomic E-state index is 11.1. The maximum Gasteiger partial charge on any atom is 0.335 e. The molecular formula is C18H16N2O3. The van der Waals surface area contributed by atoms with Gasteiger partial charge in [-0.15, -0.1) is 0 Å². The number of anilines is 1. The van der Waals surface area contributed by atoms with Crippen LogP contribution in [0.2, 0.25) is 0 Å². The normalized spacial score (nSPS) is 18.4. The van der Waals surface area contributed by atoms with Gasteiger partial charge in [0.05, 0.1) is 30.9 Å². The Kier molecular flexibility index (Phi) is 3.09. The van der Waals surface area contributed by atoms with E-state index >= 15 is 0 Å². The molecule has 1 atom stereocenters. The largest absolute Gasteiger partial charge is 0.497 e. The Morgan fingerprint density at radius 3 is 2.96 bits per heavy atom. The zero-order valence-electron chi connectivity index (χ0n) is 12.6. The van der Waals surface area contributed by atoms with Gasteiger partial charge in [-0.05, 0) is 47.0 Å². The molecule has 1 unspecified atom stereocenters. The summed E-state index contributed by atoms with van der Waals surface area (Å²) in [6.07, 6.45) is 2.19. The second-order valence-electron chi connectivity index (χ2n) is 5.72. The molecule has 4 rings (SSSR count). The van der Waals surface area contributed by atoms with E-state index in [0.29, 0.717) is 0 Å². The van der Waals surface area contributed by atoms with Crippen LogP contribution in [0, 0.1) is 0 Å². The Labute approximate surface area is 133 Å². The third-order valence-electron chi connectivity index (χ3n) is 4.35. The highest BCUT2D eigenvalue weighted by Gasteiger charge is 2.34. The van der Waals surface area contributed by atoms with E-state index in [9.17, 15) is 4.79 Å². The zero-order chi connectivity index (χ0) is 16.0. The predicted octanol–water partition coefficient (Wildman–Crippen LogP) is 2.86. The second-order valence-corrected chi connectivity index (χ2v) is 5.72. The van der Waals surface area contributed by atoms with E-state index in [4.69, 9.17) is 9.84 Å². The van der Waals surface area contributed by atoms with Crippen LogP contribution in [0.15, 0.2) is 48.0 Å². The molecule has 1 aliphatic heterocycles. The van der Waals surface area contributed by atoms with Gasteiger partial charge in [0.25, 0.3) is 0 Å². The van der Waals surface area contributed by atoms with Crippen molar-refractivity contribution in [1.29, 1.82) is 0 Å². The number of hydrogen-bond acceptors (Lipinski definition) is 4. The molecule has 0 amide bonds. The minimum atomic E-state index is -0.916. The number of hydrogen-bond donors (Lipinski definition) is 2. The van der Waals surface area contributed by atoms with Crippen molar-refractivity contribution in [2.24, 2.45) is 0 Å². The number of carboxylic acids is 1. The average Bonchev–Trinajstić information content (AvgIpc) is 3.12. The zero-order valence-corrected chi connectivity index (χ0v) is 12.6. The lowest BCUT2D eigenvalue weighted by molar-refractivity contribution is 0.0697. The van der Waals surface area contributed by atoms with Crippen LogP contribution in [-0.4, -0.2) is 24.7 Å². The number of benzene rings is 2. The van der Waals surface area contributed by atoms with Crippen LogP contribution in [0.4, 0.5) is 5.69 Å². The first-order valence-corrected chi connectivity index (χ1v) is 7.41. The topological polar surface area (TPSA) is 61.8 Å². The Morgan fingerprint density at radius 2 is 2.17 bits per heavy atom. The molecule has 23 heavy (non-hydrogen) atoms. The van der Waals surface area contributed by atoms with Crippen molar-refractivity contribution < 1.29 is 14.6 Å². The summed E-state index contributed by atoms with van der Waals surface area (Å²) in [5, 5.41) is 11.1. The summed E-state index contributed by atoms with van der Waals surface area (Å²) >= 11 is 0. The van der Waals surface area contributed by atoms with E-state index in [2.05, 4.69) is 17.6 Å². The van der Waals surface area contributed by atoms with Gasteiger partial charge < -0.3 is 14.9 Å². The molecule has 1 fully saturated rings. The number of fused-ring (bicyclic) bond motifs is 3. The van der Waals surface area contributed by atoms with Gasteiger partial charge >= 0.3 is 5.97 Å². The Balaban J connectivity index is 1.63. The predicted molar refractivity (Wildman–Crippen MR) is 87.6 cm³/mol. The molecule has 1 aliphatic carbocycles. The molecular weight excluding hydrogens is 292 g/mol. The highest BCUT2D eigenvalue weighted by Crippen LogP contribution is 2.41. The van der Waals surface area contributed by atoms with Crippen LogP contribution in [0.1, 0.15) is 27.5 Å². The first-order chi connectivity index (χ1) is 11.2. The third-order valence-corrected chi connectivity index (χ3v) is 4.35. The number of hydrazine groups is 1. The number of carboxylic acid groups (broad SMARTS) is 1. The Hall–Kier alpha value is -2.79. The lowest BCUT2D eigenvalue weighted by Crippen LogP contribution is -2.32. The van der Waals surface area contributed by atoms with Crippen molar-refractivity contribution in [3.63, 3.8) is 0 Å². The summed E-state index contributed by atoms with van der Waals surface area (Å²) in [5.41, 5.74) is 8.27. The van der Waals surface area contributed by atoms with E-state index in [1.54, 1.807) is 25.3 Å². The maximum absolute atomic E-state index is 11.1. The Morgan fingerprint density at radius 1 is 1.30 bits per heavy atom. The van der Waals surface area contributed by atoms with Gasteiger partial charge in [-0.3, -0.25) is 0 Å². The number of methoxy groups -OCH3 is 1. The van der Waals surface area contributed by atoms with Crippen molar-refractivity contribution in [3.05, 3.63) is 64.7 Å². The average molecular weight is 308 g/mol. The first-order valence-electron chi connectivity index (χ1n) is 7.41. The van der Waals surface area contributed by atoms with Gasteiger partial charge in [0.1, 0.15) is 5.75 Å². The minimum absolute atomic E-state index is 0.119. The minimum Gasteiger partial charge on any atom is -0.497 e. The van der Waals surface area contributed by atoms with E-state index in [0.717, 1.165) is 18.0 Å². The smallest absolute Gasteiger partial charge is 0.335 e. The molecule has 5 nitrogen and oxygen atoms in total. The third kappa shape index (κ3) is 2.26. The van der Waals surface area contributed by atoms with Crippen molar-refractivity contribution in [1.82, 2.24) is 5.43 Å². The molecule has 2 aromatic carbocycles. The van der Waals surface area contributed by atoms with Crippen LogP contribution in [0.3, 0.4) is 0 Å². The van der Waals surface area contributed by atoms with Gasteiger partial charge in [0, 0.05) is 0 Å². The molecule has 0 radical (unpaired) electrons. The fourth-order valence-electron chi connectivity index (χ4n) is 3.19. The second kappa shape index (κ2) is 5.14. The van der Waals surface area contributed by atoms with E-state index in [1.165, 1.54) is 16.7 Å². The molecule has 0 saturated carbocycles. The summed E-state index contributed by atoms with van der Waals surface area (Å²) in [6.45, 7) is 0.727. The molecule has 1 saturated heterocycles. The van der Waals surface area contributed by atoms with Crippen molar-refractivity contribution in [2.45, 2.75) is 6.04 Å². The van der Waals surface area contributed by atoms with E-state index in [1.807, 2.05) is 23.2 Å². The van der Waals surface area contributed by atoms with Crippen LogP contribution in [0.5, 0.6) is 5.75 Å². The van der Waals surface area contributed by atoms with Gasteiger partial charge in [-0.2, -0.15) is 0 Å². The molecule has 116 valence electrons.